The molecule has 2 heteroatoms. The first-order chi connectivity index (χ1) is 14.6. The maximum atomic E-state index is 8.38. The molecule has 0 saturated heterocycles. The van der Waals surface area contributed by atoms with Gasteiger partial charge in [0.1, 0.15) is 0 Å². The fourth-order valence-corrected chi connectivity index (χ4v) is 8.12. The van der Waals surface area contributed by atoms with E-state index in [4.69, 9.17) is 10.5 Å². The Kier molecular flexibility index (Phi) is 3.34. The fraction of sp³-hybridized carbons (Fsp3) is 0.560. The molecule has 0 spiro atoms. The van der Waals surface area contributed by atoms with Crippen molar-refractivity contribution in [3.8, 4) is 11.3 Å². The zero-order chi connectivity index (χ0) is 22.1. The summed E-state index contributed by atoms with van der Waals surface area (Å²) in [6.45, 7) is 7.12. The quantitative estimate of drug-likeness (QED) is 0.602. The van der Waals surface area contributed by atoms with Crippen LogP contribution in [0.15, 0.2) is 42.5 Å². The highest BCUT2D eigenvalue weighted by Crippen LogP contribution is 2.57. The maximum absolute atomic E-state index is 8.38. The van der Waals surface area contributed by atoms with Crippen LogP contribution in [0.4, 0.5) is 0 Å². The molecular formula is C25H33NSi. The zero-order valence-corrected chi connectivity index (χ0v) is 17.8. The number of hydrogen-bond donors (Lipinski definition) is 0. The summed E-state index contributed by atoms with van der Waals surface area (Å²) in [6.07, 6.45) is 10.3. The van der Waals surface area contributed by atoms with Crippen LogP contribution in [0, 0.1) is 29.6 Å². The predicted molar refractivity (Wildman–Crippen MR) is 117 cm³/mol. The predicted octanol–water partition coefficient (Wildman–Crippen LogP) is 5.91. The van der Waals surface area contributed by atoms with Crippen molar-refractivity contribution in [2.45, 2.75) is 58.2 Å². The van der Waals surface area contributed by atoms with Crippen LogP contribution in [0.5, 0.6) is 0 Å². The van der Waals surface area contributed by atoms with Gasteiger partial charge in [0.2, 0.25) is 0 Å². The van der Waals surface area contributed by atoms with E-state index in [0.717, 1.165) is 36.0 Å². The number of pyridine rings is 1. The maximum Gasteiger partial charge on any atom is 0.0799 e. The SMILES string of the molecule is [2H]c1cc(-c2cc(CC3C4CC5CC(C4)CC3C5)c([Si](C)(C)C)cn2)c([2H])c([2H])c1[2H]. The summed E-state index contributed by atoms with van der Waals surface area (Å²) in [4.78, 5) is 4.72. The van der Waals surface area contributed by atoms with Gasteiger partial charge in [-0.3, -0.25) is 4.98 Å². The third-order valence-corrected chi connectivity index (χ3v) is 9.57. The van der Waals surface area contributed by atoms with Crippen LogP contribution in [-0.4, -0.2) is 13.1 Å². The summed E-state index contributed by atoms with van der Waals surface area (Å²) in [5, 5.41) is 1.41. The van der Waals surface area contributed by atoms with Gasteiger partial charge in [0, 0.05) is 11.8 Å². The molecule has 1 aromatic heterocycles. The molecular weight excluding hydrogens is 342 g/mol. The van der Waals surface area contributed by atoms with Crippen molar-refractivity contribution in [3.05, 3.63) is 48.1 Å². The fourth-order valence-electron chi connectivity index (χ4n) is 6.53. The van der Waals surface area contributed by atoms with Crippen molar-refractivity contribution in [3.63, 3.8) is 0 Å². The van der Waals surface area contributed by atoms with Gasteiger partial charge < -0.3 is 0 Å². The van der Waals surface area contributed by atoms with Crippen molar-refractivity contribution in [2.24, 2.45) is 29.6 Å². The average molecular weight is 380 g/mol. The van der Waals surface area contributed by atoms with Gasteiger partial charge in [0.15, 0.2) is 0 Å². The van der Waals surface area contributed by atoms with Gasteiger partial charge in [-0.05, 0) is 84.9 Å². The highest BCUT2D eigenvalue weighted by Gasteiger charge is 2.48. The lowest BCUT2D eigenvalue weighted by atomic mass is 9.51. The van der Waals surface area contributed by atoms with E-state index in [1.54, 1.807) is 6.07 Å². The van der Waals surface area contributed by atoms with Gasteiger partial charge in [-0.15, -0.1) is 0 Å². The topological polar surface area (TPSA) is 12.9 Å². The van der Waals surface area contributed by atoms with Gasteiger partial charge in [-0.2, -0.15) is 0 Å². The van der Waals surface area contributed by atoms with Crippen molar-refractivity contribution in [2.75, 3.05) is 0 Å². The van der Waals surface area contributed by atoms with Gasteiger partial charge >= 0.3 is 0 Å². The molecule has 4 aliphatic carbocycles. The monoisotopic (exact) mass is 379 g/mol. The van der Waals surface area contributed by atoms with E-state index in [2.05, 4.69) is 25.7 Å². The highest BCUT2D eigenvalue weighted by atomic mass is 28.3. The Morgan fingerprint density at radius 1 is 1.00 bits per heavy atom. The number of aromatic nitrogens is 1. The van der Waals surface area contributed by atoms with E-state index in [0.29, 0.717) is 11.3 Å². The molecule has 1 heterocycles. The number of rotatable bonds is 4. The van der Waals surface area contributed by atoms with Crippen molar-refractivity contribution >= 4 is 13.3 Å². The van der Waals surface area contributed by atoms with E-state index < -0.39 is 8.07 Å². The minimum absolute atomic E-state index is 0.00494. The molecule has 0 aliphatic heterocycles. The summed E-state index contributed by atoms with van der Waals surface area (Å²) in [7, 11) is -1.59. The van der Waals surface area contributed by atoms with E-state index in [1.807, 2.05) is 6.20 Å². The van der Waals surface area contributed by atoms with E-state index in [9.17, 15) is 0 Å². The lowest BCUT2D eigenvalue weighted by molar-refractivity contribution is -0.0359. The smallest absolute Gasteiger partial charge is 0.0799 e. The summed E-state index contributed by atoms with van der Waals surface area (Å²) in [5.74, 6) is 4.46. The second kappa shape index (κ2) is 6.58. The van der Waals surface area contributed by atoms with Crippen molar-refractivity contribution in [1.82, 2.24) is 4.98 Å². The van der Waals surface area contributed by atoms with Crippen LogP contribution >= 0.6 is 0 Å². The Balaban J connectivity index is 1.55. The lowest BCUT2D eigenvalue weighted by Crippen LogP contribution is -2.47. The molecule has 1 aromatic carbocycles. The van der Waals surface area contributed by atoms with Gasteiger partial charge in [0.25, 0.3) is 0 Å². The van der Waals surface area contributed by atoms with Crippen LogP contribution in [0.3, 0.4) is 0 Å². The molecule has 4 fully saturated rings. The first-order valence-corrected chi connectivity index (χ1v) is 14.2. The van der Waals surface area contributed by atoms with Gasteiger partial charge in [0.05, 0.1) is 19.3 Å². The number of hydrogen-bond acceptors (Lipinski definition) is 1. The van der Waals surface area contributed by atoms with E-state index in [1.165, 1.54) is 42.9 Å². The van der Waals surface area contributed by atoms with E-state index in [-0.39, 0.29) is 24.2 Å². The largest absolute Gasteiger partial charge is 0.256 e. The van der Waals surface area contributed by atoms with Crippen LogP contribution < -0.4 is 5.19 Å². The molecule has 4 aliphatic rings. The average Bonchev–Trinajstić information content (AvgIpc) is 2.70. The molecule has 6 rings (SSSR count). The molecule has 142 valence electrons. The molecule has 0 amide bonds. The number of benzene rings is 1. The van der Waals surface area contributed by atoms with Crippen LogP contribution in [0.1, 0.15) is 43.2 Å². The molecule has 2 aromatic rings. The molecule has 1 nitrogen and oxygen atoms in total. The Labute approximate surface area is 171 Å². The normalized spacial score (nSPS) is 34.1. The standard InChI is InChI=1S/C25H33NSi/c1-27(2,3)25-16-26-24(19-7-5-4-6-8-19)15-22(25)14-23-20-10-17-9-18(12-20)13-21(23)11-17/h4-8,15-18,20-21,23H,9-14H2,1-3H3/i4D,5D,6D,7D. The summed E-state index contributed by atoms with van der Waals surface area (Å²) >= 11 is 0. The Morgan fingerprint density at radius 2 is 1.70 bits per heavy atom. The lowest BCUT2D eigenvalue weighted by Gasteiger charge is -2.54. The first-order valence-electron chi connectivity index (χ1n) is 12.7. The van der Waals surface area contributed by atoms with Crippen molar-refractivity contribution < 1.29 is 5.48 Å². The Bertz CT molecular complexity index is 1000. The molecule has 0 radical (unpaired) electrons. The minimum Gasteiger partial charge on any atom is -0.256 e. The highest BCUT2D eigenvalue weighted by molar-refractivity contribution is 6.89. The van der Waals surface area contributed by atoms with Gasteiger partial charge in [-0.1, -0.05) is 49.9 Å². The first kappa shape index (κ1) is 13.7. The second-order valence-electron chi connectivity index (χ2n) is 10.4. The molecule has 0 atom stereocenters. The van der Waals surface area contributed by atoms with Crippen LogP contribution in [0.2, 0.25) is 19.6 Å². The second-order valence-corrected chi connectivity index (χ2v) is 15.4. The Hall–Kier alpha value is -1.41. The molecule has 0 unspecified atom stereocenters. The van der Waals surface area contributed by atoms with Crippen LogP contribution in [-0.2, 0) is 6.42 Å². The zero-order valence-electron chi connectivity index (χ0n) is 20.8. The van der Waals surface area contributed by atoms with Crippen LogP contribution in [0.25, 0.3) is 11.3 Å². The van der Waals surface area contributed by atoms with E-state index >= 15 is 0 Å². The third kappa shape index (κ3) is 3.31. The molecule has 27 heavy (non-hydrogen) atoms. The Morgan fingerprint density at radius 3 is 2.37 bits per heavy atom. The van der Waals surface area contributed by atoms with Crippen molar-refractivity contribution in [1.29, 1.82) is 0 Å². The molecule has 4 saturated carbocycles. The molecule has 4 bridgehead atoms. The summed E-state index contributed by atoms with van der Waals surface area (Å²) in [6, 6.07) is 3.35. The minimum atomic E-state index is -1.59. The summed E-state index contributed by atoms with van der Waals surface area (Å²) in [5.41, 5.74) is 2.58. The summed E-state index contributed by atoms with van der Waals surface area (Å²) < 4.78 is 32.3. The third-order valence-electron chi connectivity index (χ3n) is 7.50. The van der Waals surface area contributed by atoms with Gasteiger partial charge in [-0.25, -0.2) is 0 Å². The molecule has 0 N–H and O–H groups in total. The number of nitrogens with zero attached hydrogens (tertiary/aromatic N) is 1.